The number of hydrogen-bond acceptors (Lipinski definition) is 3. The summed E-state index contributed by atoms with van der Waals surface area (Å²) in [4.78, 5) is 14.9. The maximum absolute atomic E-state index is 12.8. The molecule has 7 heteroatoms. The number of nitrogens with zero attached hydrogens (tertiary/aromatic N) is 1. The maximum atomic E-state index is 12.8. The molecule has 0 aliphatic carbocycles. The normalized spacial score (nSPS) is 11.2. The first-order chi connectivity index (χ1) is 9.39. The van der Waals surface area contributed by atoms with Gasteiger partial charge in [0.25, 0.3) is 5.91 Å². The van der Waals surface area contributed by atoms with Gasteiger partial charge in [-0.15, -0.1) is 0 Å². The number of aromatic nitrogens is 1. The average molecular weight is 281 g/mol. The number of hydrogen-bond donors (Lipinski definition) is 2. The molecule has 0 aliphatic heterocycles. The third kappa shape index (κ3) is 2.87. The zero-order valence-corrected chi connectivity index (χ0v) is 10.1. The third-order valence-corrected chi connectivity index (χ3v) is 2.56. The van der Waals surface area contributed by atoms with Crippen LogP contribution >= 0.6 is 0 Å². The lowest BCUT2D eigenvalue weighted by atomic mass is 10.1. The van der Waals surface area contributed by atoms with Gasteiger partial charge in [-0.25, -0.2) is 4.98 Å². The van der Waals surface area contributed by atoms with Crippen LogP contribution in [-0.4, -0.2) is 10.9 Å². The number of nitrogens with one attached hydrogen (secondary N) is 1. The van der Waals surface area contributed by atoms with Crippen molar-refractivity contribution in [3.8, 4) is 0 Å². The molecule has 0 spiro atoms. The van der Waals surface area contributed by atoms with Gasteiger partial charge in [-0.3, -0.25) is 4.79 Å². The number of halogens is 3. The first-order valence-electron chi connectivity index (χ1n) is 5.57. The Labute approximate surface area is 112 Å². The molecule has 1 aromatic heterocycles. The minimum Gasteiger partial charge on any atom is -0.366 e. The monoisotopic (exact) mass is 281 g/mol. The second-order valence-corrected chi connectivity index (χ2v) is 3.93. The summed E-state index contributed by atoms with van der Waals surface area (Å²) in [6.45, 7) is 0. The second kappa shape index (κ2) is 5.20. The van der Waals surface area contributed by atoms with E-state index in [4.69, 9.17) is 5.73 Å². The van der Waals surface area contributed by atoms with Gasteiger partial charge in [0.1, 0.15) is 5.82 Å². The average Bonchev–Trinajstić information content (AvgIpc) is 2.38. The molecule has 0 atom stereocenters. The van der Waals surface area contributed by atoms with Crippen LogP contribution in [0.1, 0.15) is 15.9 Å². The SMILES string of the molecule is NC(=O)c1ccccc1Nc1ncccc1C(F)(F)F. The van der Waals surface area contributed by atoms with E-state index in [0.717, 1.165) is 6.07 Å². The molecule has 0 radical (unpaired) electrons. The lowest BCUT2D eigenvalue weighted by Gasteiger charge is -2.14. The highest BCUT2D eigenvalue weighted by Gasteiger charge is 2.34. The number of carbonyl (C=O) groups is 1. The number of benzene rings is 1. The number of anilines is 2. The molecule has 1 amide bonds. The maximum Gasteiger partial charge on any atom is 0.419 e. The van der Waals surface area contributed by atoms with Crippen LogP contribution in [0.15, 0.2) is 42.6 Å². The van der Waals surface area contributed by atoms with Crippen molar-refractivity contribution in [2.24, 2.45) is 5.73 Å². The van der Waals surface area contributed by atoms with E-state index < -0.39 is 17.6 Å². The first kappa shape index (κ1) is 13.9. The molecule has 4 nitrogen and oxygen atoms in total. The minimum absolute atomic E-state index is 0.0891. The van der Waals surface area contributed by atoms with Gasteiger partial charge in [0.05, 0.1) is 16.8 Å². The molecule has 2 rings (SSSR count). The highest BCUT2D eigenvalue weighted by Crippen LogP contribution is 2.34. The number of alkyl halides is 3. The second-order valence-electron chi connectivity index (χ2n) is 3.93. The standard InChI is InChI=1S/C13H10F3N3O/c14-13(15,16)9-5-3-7-18-12(9)19-10-6-2-1-4-8(10)11(17)20/h1-7H,(H2,17,20)(H,18,19). The fraction of sp³-hybridized carbons (Fsp3) is 0.0769. The lowest BCUT2D eigenvalue weighted by molar-refractivity contribution is -0.137. The van der Waals surface area contributed by atoms with Crippen LogP contribution < -0.4 is 11.1 Å². The van der Waals surface area contributed by atoms with Crippen molar-refractivity contribution in [3.05, 3.63) is 53.7 Å². The Kier molecular flexibility index (Phi) is 3.60. The summed E-state index contributed by atoms with van der Waals surface area (Å²) in [5.41, 5.74) is 4.51. The van der Waals surface area contributed by atoms with Gasteiger partial charge in [-0.05, 0) is 24.3 Å². The summed E-state index contributed by atoms with van der Waals surface area (Å²) in [7, 11) is 0. The quantitative estimate of drug-likeness (QED) is 0.908. The van der Waals surface area contributed by atoms with Gasteiger partial charge < -0.3 is 11.1 Å². The number of carbonyl (C=O) groups excluding carboxylic acids is 1. The number of rotatable bonds is 3. The van der Waals surface area contributed by atoms with Crippen molar-refractivity contribution in [3.63, 3.8) is 0 Å². The van der Waals surface area contributed by atoms with E-state index in [1.165, 1.54) is 24.4 Å². The molecule has 20 heavy (non-hydrogen) atoms. The van der Waals surface area contributed by atoms with Gasteiger partial charge >= 0.3 is 6.18 Å². The number of nitrogens with two attached hydrogens (primary N) is 1. The van der Waals surface area contributed by atoms with E-state index in [1.807, 2.05) is 0 Å². The lowest BCUT2D eigenvalue weighted by Crippen LogP contribution is -2.15. The van der Waals surface area contributed by atoms with Crippen LogP contribution in [0.5, 0.6) is 0 Å². The van der Waals surface area contributed by atoms with Crippen LogP contribution in [0.25, 0.3) is 0 Å². The molecule has 0 saturated heterocycles. The Morgan fingerprint density at radius 2 is 1.85 bits per heavy atom. The van der Waals surface area contributed by atoms with Crippen molar-refractivity contribution in [1.29, 1.82) is 0 Å². The molecule has 0 aliphatic rings. The van der Waals surface area contributed by atoms with Crippen LogP contribution in [0, 0.1) is 0 Å². The van der Waals surface area contributed by atoms with Crippen molar-refractivity contribution in [2.75, 3.05) is 5.32 Å². The Balaban J connectivity index is 2.44. The molecule has 0 bridgehead atoms. The van der Waals surface area contributed by atoms with Gasteiger partial charge in [-0.1, -0.05) is 12.1 Å². The number of para-hydroxylation sites is 1. The molecular weight excluding hydrogens is 271 g/mol. The van der Waals surface area contributed by atoms with Crippen LogP contribution in [-0.2, 0) is 6.18 Å². The summed E-state index contributed by atoms with van der Waals surface area (Å²) >= 11 is 0. The molecular formula is C13H10F3N3O. The number of amides is 1. The summed E-state index contributed by atoms with van der Waals surface area (Å²) in [6, 6.07) is 8.10. The minimum atomic E-state index is -4.54. The van der Waals surface area contributed by atoms with E-state index in [1.54, 1.807) is 12.1 Å². The van der Waals surface area contributed by atoms with E-state index in [0.29, 0.717) is 0 Å². The van der Waals surface area contributed by atoms with Crippen molar-refractivity contribution >= 4 is 17.4 Å². The highest BCUT2D eigenvalue weighted by molar-refractivity contribution is 5.99. The zero-order chi connectivity index (χ0) is 14.8. The molecule has 0 saturated carbocycles. The Bertz CT molecular complexity index is 641. The summed E-state index contributed by atoms with van der Waals surface area (Å²) in [5, 5.41) is 2.50. The Hall–Kier alpha value is -2.57. The largest absolute Gasteiger partial charge is 0.419 e. The van der Waals surface area contributed by atoms with E-state index in [2.05, 4.69) is 10.3 Å². The van der Waals surface area contributed by atoms with Crippen LogP contribution in [0.4, 0.5) is 24.7 Å². The van der Waals surface area contributed by atoms with Crippen LogP contribution in [0.3, 0.4) is 0 Å². The molecule has 104 valence electrons. The molecule has 1 heterocycles. The summed E-state index contributed by atoms with van der Waals surface area (Å²) in [6.07, 6.45) is -3.32. The van der Waals surface area contributed by atoms with E-state index >= 15 is 0 Å². The van der Waals surface area contributed by atoms with Gasteiger partial charge in [0.15, 0.2) is 0 Å². The molecule has 3 N–H and O–H groups in total. The fourth-order valence-corrected chi connectivity index (χ4v) is 1.67. The van der Waals surface area contributed by atoms with Crippen LogP contribution in [0.2, 0.25) is 0 Å². The number of primary amides is 1. The fourth-order valence-electron chi connectivity index (χ4n) is 1.67. The predicted molar refractivity (Wildman–Crippen MR) is 67.5 cm³/mol. The molecule has 2 aromatic rings. The highest BCUT2D eigenvalue weighted by atomic mass is 19.4. The zero-order valence-electron chi connectivity index (χ0n) is 10.1. The van der Waals surface area contributed by atoms with Gasteiger partial charge in [0.2, 0.25) is 0 Å². The van der Waals surface area contributed by atoms with Gasteiger partial charge in [-0.2, -0.15) is 13.2 Å². The van der Waals surface area contributed by atoms with Crippen molar-refractivity contribution in [2.45, 2.75) is 6.18 Å². The smallest absolute Gasteiger partial charge is 0.366 e. The van der Waals surface area contributed by atoms with Gasteiger partial charge in [0, 0.05) is 6.20 Å². The molecule has 1 aromatic carbocycles. The Morgan fingerprint density at radius 3 is 2.50 bits per heavy atom. The summed E-state index contributed by atoms with van der Waals surface area (Å²) in [5.74, 6) is -1.12. The Morgan fingerprint density at radius 1 is 1.15 bits per heavy atom. The van der Waals surface area contributed by atoms with E-state index in [-0.39, 0.29) is 17.1 Å². The third-order valence-electron chi connectivity index (χ3n) is 2.56. The summed E-state index contributed by atoms with van der Waals surface area (Å²) < 4.78 is 38.5. The first-order valence-corrected chi connectivity index (χ1v) is 5.57. The van der Waals surface area contributed by atoms with Crippen molar-refractivity contribution < 1.29 is 18.0 Å². The predicted octanol–water partition coefficient (Wildman–Crippen LogP) is 2.94. The van der Waals surface area contributed by atoms with E-state index in [9.17, 15) is 18.0 Å². The molecule has 0 fully saturated rings. The topological polar surface area (TPSA) is 68.0 Å². The van der Waals surface area contributed by atoms with Crippen molar-refractivity contribution in [1.82, 2.24) is 4.98 Å². The molecule has 0 unspecified atom stereocenters. The number of pyridine rings is 1.